The van der Waals surface area contributed by atoms with Crippen molar-refractivity contribution in [1.82, 2.24) is 5.32 Å². The molecule has 2 rings (SSSR count). The van der Waals surface area contributed by atoms with Gasteiger partial charge in [-0.1, -0.05) is 0 Å². The van der Waals surface area contributed by atoms with E-state index in [1.54, 1.807) is 12.1 Å². The Labute approximate surface area is 124 Å². The van der Waals surface area contributed by atoms with Gasteiger partial charge >= 0.3 is 5.97 Å². The number of hydrogen-bond acceptors (Lipinski definition) is 5. The number of aliphatic hydroxyl groups excluding tert-OH is 1. The summed E-state index contributed by atoms with van der Waals surface area (Å²) in [5, 5.41) is 22.7. The molecular weight excluding hydrogens is 296 g/mol. The SMILES string of the molecule is O=C1CSc2ccc(C(=O)N[C@@H](CCO)C(=O)O)cc2N1. The Kier molecular flexibility index (Phi) is 4.81. The number of carbonyl (C=O) groups is 3. The molecule has 0 saturated carbocycles. The summed E-state index contributed by atoms with van der Waals surface area (Å²) < 4.78 is 0. The third-order valence-electron chi connectivity index (χ3n) is 2.90. The average Bonchev–Trinajstić information content (AvgIpc) is 2.45. The monoisotopic (exact) mass is 310 g/mol. The number of thioether (sulfide) groups is 1. The zero-order valence-corrected chi connectivity index (χ0v) is 11.8. The molecule has 0 radical (unpaired) electrons. The summed E-state index contributed by atoms with van der Waals surface area (Å²) in [7, 11) is 0. The largest absolute Gasteiger partial charge is 0.480 e. The summed E-state index contributed by atoms with van der Waals surface area (Å²) in [4.78, 5) is 35.2. The number of amides is 2. The Morgan fingerprint density at radius 2 is 2.19 bits per heavy atom. The summed E-state index contributed by atoms with van der Waals surface area (Å²) in [5.74, 6) is -1.59. The quantitative estimate of drug-likeness (QED) is 0.621. The van der Waals surface area contributed by atoms with Crippen molar-refractivity contribution < 1.29 is 24.6 Å². The van der Waals surface area contributed by atoms with Crippen LogP contribution in [0.2, 0.25) is 0 Å². The maximum atomic E-state index is 12.0. The van der Waals surface area contributed by atoms with Crippen molar-refractivity contribution in [1.29, 1.82) is 0 Å². The Hall–Kier alpha value is -2.06. The van der Waals surface area contributed by atoms with Crippen LogP contribution in [0.15, 0.2) is 23.1 Å². The van der Waals surface area contributed by atoms with Crippen LogP contribution in [-0.4, -0.2) is 46.4 Å². The van der Waals surface area contributed by atoms with Gasteiger partial charge in [0.15, 0.2) is 0 Å². The summed E-state index contributed by atoms with van der Waals surface area (Å²) in [5.41, 5.74) is 0.790. The average molecular weight is 310 g/mol. The molecule has 7 nitrogen and oxygen atoms in total. The van der Waals surface area contributed by atoms with Crippen molar-refractivity contribution in [2.45, 2.75) is 17.4 Å². The number of carboxylic acid groups (broad SMARTS) is 1. The van der Waals surface area contributed by atoms with Gasteiger partial charge in [0.05, 0.1) is 11.4 Å². The van der Waals surface area contributed by atoms with Crippen LogP contribution in [-0.2, 0) is 9.59 Å². The van der Waals surface area contributed by atoms with E-state index in [-0.39, 0.29) is 24.5 Å². The molecule has 8 heteroatoms. The van der Waals surface area contributed by atoms with Crippen molar-refractivity contribution in [3.8, 4) is 0 Å². The molecule has 1 heterocycles. The van der Waals surface area contributed by atoms with E-state index < -0.39 is 17.9 Å². The Balaban J connectivity index is 2.14. The summed E-state index contributed by atoms with van der Waals surface area (Å²) >= 11 is 1.37. The number of aliphatic hydroxyl groups is 1. The van der Waals surface area contributed by atoms with E-state index >= 15 is 0 Å². The second-order valence-corrected chi connectivity index (χ2v) is 5.44. The molecule has 0 spiro atoms. The number of benzene rings is 1. The lowest BCUT2D eigenvalue weighted by Gasteiger charge is -2.18. The normalized spacial score (nSPS) is 14.8. The van der Waals surface area contributed by atoms with Crippen molar-refractivity contribution in [3.63, 3.8) is 0 Å². The van der Waals surface area contributed by atoms with Gasteiger partial charge in [-0.25, -0.2) is 4.79 Å². The molecule has 1 aliphatic rings. The molecule has 21 heavy (non-hydrogen) atoms. The highest BCUT2D eigenvalue weighted by Crippen LogP contribution is 2.31. The van der Waals surface area contributed by atoms with Crippen LogP contribution in [0.1, 0.15) is 16.8 Å². The van der Waals surface area contributed by atoms with E-state index in [0.717, 1.165) is 4.90 Å². The zero-order valence-electron chi connectivity index (χ0n) is 11.0. The molecule has 0 saturated heterocycles. The van der Waals surface area contributed by atoms with Gasteiger partial charge in [-0.05, 0) is 18.2 Å². The standard InChI is InChI=1S/C13H14N2O5S/c16-4-3-8(13(19)20)15-12(18)7-1-2-10-9(5-7)14-11(17)6-21-10/h1-2,5,8,16H,3-4,6H2,(H,14,17)(H,15,18)(H,19,20)/t8-/m0/s1. The molecule has 1 aromatic rings. The van der Waals surface area contributed by atoms with Crippen molar-refractivity contribution in [2.24, 2.45) is 0 Å². The fraction of sp³-hybridized carbons (Fsp3) is 0.308. The number of hydrogen-bond donors (Lipinski definition) is 4. The first-order valence-electron chi connectivity index (χ1n) is 6.22. The van der Waals surface area contributed by atoms with Gasteiger partial charge in [0.1, 0.15) is 6.04 Å². The molecule has 0 fully saturated rings. The fourth-order valence-corrected chi connectivity index (χ4v) is 2.64. The van der Waals surface area contributed by atoms with E-state index in [9.17, 15) is 14.4 Å². The highest BCUT2D eigenvalue weighted by molar-refractivity contribution is 8.00. The van der Waals surface area contributed by atoms with Gasteiger partial charge in [0.2, 0.25) is 5.91 Å². The van der Waals surface area contributed by atoms with Gasteiger partial charge in [0.25, 0.3) is 5.91 Å². The predicted octanol–water partition coefficient (Wildman–Crippen LogP) is 0.296. The summed E-state index contributed by atoms with van der Waals surface area (Å²) in [6.07, 6.45) is -0.0708. The number of aliphatic carboxylic acids is 1. The van der Waals surface area contributed by atoms with Crippen LogP contribution in [0.3, 0.4) is 0 Å². The van der Waals surface area contributed by atoms with Gasteiger partial charge in [0, 0.05) is 23.5 Å². The molecular formula is C13H14N2O5S. The molecule has 4 N–H and O–H groups in total. The van der Waals surface area contributed by atoms with Gasteiger partial charge in [-0.3, -0.25) is 9.59 Å². The number of rotatable bonds is 5. The van der Waals surface area contributed by atoms with Crippen LogP contribution in [0.5, 0.6) is 0 Å². The predicted molar refractivity (Wildman–Crippen MR) is 76.4 cm³/mol. The Morgan fingerprint density at radius 1 is 1.43 bits per heavy atom. The smallest absolute Gasteiger partial charge is 0.326 e. The van der Waals surface area contributed by atoms with Crippen molar-refractivity contribution in [3.05, 3.63) is 23.8 Å². The molecule has 1 atom stereocenters. The van der Waals surface area contributed by atoms with Gasteiger partial charge in [-0.15, -0.1) is 11.8 Å². The summed E-state index contributed by atoms with van der Waals surface area (Å²) in [6.45, 7) is -0.339. The lowest BCUT2D eigenvalue weighted by atomic mass is 10.1. The number of anilines is 1. The first kappa shape index (κ1) is 15.3. The first-order valence-corrected chi connectivity index (χ1v) is 7.21. The highest BCUT2D eigenvalue weighted by atomic mass is 32.2. The minimum Gasteiger partial charge on any atom is -0.480 e. The minimum atomic E-state index is -1.21. The van der Waals surface area contributed by atoms with Gasteiger partial charge in [-0.2, -0.15) is 0 Å². The van der Waals surface area contributed by atoms with Gasteiger partial charge < -0.3 is 20.8 Å². The maximum Gasteiger partial charge on any atom is 0.326 e. The number of fused-ring (bicyclic) bond motifs is 1. The molecule has 1 aliphatic heterocycles. The second-order valence-electron chi connectivity index (χ2n) is 4.42. The number of carboxylic acids is 1. The minimum absolute atomic E-state index is 0.0708. The van der Waals surface area contributed by atoms with E-state index in [1.807, 2.05) is 0 Å². The van der Waals surface area contributed by atoms with Crippen LogP contribution in [0.4, 0.5) is 5.69 Å². The van der Waals surface area contributed by atoms with Crippen LogP contribution >= 0.6 is 11.8 Å². The molecule has 0 bridgehead atoms. The molecule has 1 aromatic carbocycles. The van der Waals surface area contributed by atoms with E-state index in [1.165, 1.54) is 17.8 Å². The third-order valence-corrected chi connectivity index (χ3v) is 3.97. The molecule has 112 valence electrons. The molecule has 2 amide bonds. The Morgan fingerprint density at radius 3 is 2.86 bits per heavy atom. The Bertz CT molecular complexity index is 590. The number of nitrogens with one attached hydrogen (secondary N) is 2. The molecule has 0 aromatic heterocycles. The third kappa shape index (κ3) is 3.73. The topological polar surface area (TPSA) is 116 Å². The highest BCUT2D eigenvalue weighted by Gasteiger charge is 2.22. The second kappa shape index (κ2) is 6.59. The van der Waals surface area contributed by atoms with Crippen LogP contribution < -0.4 is 10.6 Å². The first-order chi connectivity index (χ1) is 10.0. The van der Waals surface area contributed by atoms with E-state index in [2.05, 4.69) is 10.6 Å². The van der Waals surface area contributed by atoms with Crippen molar-refractivity contribution in [2.75, 3.05) is 17.7 Å². The lowest BCUT2D eigenvalue weighted by Crippen LogP contribution is -2.41. The molecule has 0 aliphatic carbocycles. The lowest BCUT2D eigenvalue weighted by molar-refractivity contribution is -0.139. The number of carbonyl (C=O) groups excluding carboxylic acids is 2. The summed E-state index contributed by atoms with van der Waals surface area (Å²) in [6, 6.07) is 3.63. The molecule has 0 unspecified atom stereocenters. The van der Waals surface area contributed by atoms with E-state index in [0.29, 0.717) is 11.4 Å². The maximum absolute atomic E-state index is 12.0. The fourth-order valence-electron chi connectivity index (χ4n) is 1.85. The zero-order chi connectivity index (χ0) is 15.4. The van der Waals surface area contributed by atoms with Crippen LogP contribution in [0.25, 0.3) is 0 Å². The van der Waals surface area contributed by atoms with E-state index in [4.69, 9.17) is 10.2 Å². The van der Waals surface area contributed by atoms with Crippen LogP contribution in [0, 0.1) is 0 Å². The van der Waals surface area contributed by atoms with Crippen molar-refractivity contribution >= 4 is 35.2 Å².